The Hall–Kier alpha value is -2.36. The molecule has 0 aliphatic carbocycles. The van der Waals surface area contributed by atoms with Gasteiger partial charge in [0.15, 0.2) is 12.6 Å². The highest BCUT2D eigenvalue weighted by atomic mass is 32.1. The highest BCUT2D eigenvalue weighted by Crippen LogP contribution is 2.18. The van der Waals surface area contributed by atoms with Crippen molar-refractivity contribution >= 4 is 17.3 Å². The van der Waals surface area contributed by atoms with Crippen LogP contribution in [-0.4, -0.2) is 35.8 Å². The van der Waals surface area contributed by atoms with Crippen LogP contribution in [-0.2, 0) is 13.1 Å². The minimum atomic E-state index is -4.39. The van der Waals surface area contributed by atoms with Crippen molar-refractivity contribution < 1.29 is 17.9 Å². The summed E-state index contributed by atoms with van der Waals surface area (Å²) in [5.74, 6) is 0.489. The van der Waals surface area contributed by atoms with Crippen LogP contribution in [0.1, 0.15) is 21.1 Å². The van der Waals surface area contributed by atoms with Crippen molar-refractivity contribution in [3.05, 3.63) is 39.5 Å². The number of halogens is 3. The van der Waals surface area contributed by atoms with Gasteiger partial charge >= 0.3 is 6.18 Å². The van der Waals surface area contributed by atoms with Gasteiger partial charge in [0.05, 0.1) is 12.2 Å². The van der Waals surface area contributed by atoms with Crippen molar-refractivity contribution in [1.29, 1.82) is 0 Å². The van der Waals surface area contributed by atoms with Gasteiger partial charge in [0.2, 0.25) is 5.88 Å². The molecule has 0 amide bonds. The van der Waals surface area contributed by atoms with Crippen molar-refractivity contribution in [2.75, 3.05) is 13.7 Å². The number of hydrogen-bond acceptors (Lipinski definition) is 5. The number of ether oxygens (including phenoxy) is 1. The number of thiazole rings is 1. The van der Waals surface area contributed by atoms with Crippen LogP contribution in [0.4, 0.5) is 13.2 Å². The molecule has 2 rings (SSSR count). The van der Waals surface area contributed by atoms with Crippen LogP contribution in [0.5, 0.6) is 5.88 Å². The Morgan fingerprint density at radius 3 is 2.62 bits per heavy atom. The van der Waals surface area contributed by atoms with Crippen molar-refractivity contribution in [3.8, 4) is 5.88 Å². The largest absolute Gasteiger partial charge is 0.468 e. The van der Waals surface area contributed by atoms with E-state index in [1.165, 1.54) is 17.1 Å². The van der Waals surface area contributed by atoms with E-state index in [-0.39, 0.29) is 5.88 Å². The number of nitrogens with zero attached hydrogens (tertiary/aromatic N) is 3. The number of pyridine rings is 1. The summed E-state index contributed by atoms with van der Waals surface area (Å²) in [7, 11) is 1.64. The molecule has 0 atom stereocenters. The van der Waals surface area contributed by atoms with Crippen LogP contribution >= 0.6 is 11.3 Å². The van der Waals surface area contributed by atoms with Gasteiger partial charge in [-0.3, -0.25) is 4.99 Å². The summed E-state index contributed by atoms with van der Waals surface area (Å²) in [4.78, 5) is 13.5. The third-order valence-corrected chi connectivity index (χ3v) is 4.42. The van der Waals surface area contributed by atoms with Gasteiger partial charge in [-0.2, -0.15) is 13.2 Å². The molecule has 0 aromatic carbocycles. The maximum atomic E-state index is 12.2. The second-order valence-electron chi connectivity index (χ2n) is 5.43. The molecular formula is C16H20F3N5OS. The average Bonchev–Trinajstić information content (AvgIpc) is 2.91. The zero-order valence-corrected chi connectivity index (χ0v) is 15.5. The predicted octanol–water partition coefficient (Wildman–Crippen LogP) is 2.96. The Balaban J connectivity index is 1.85. The molecule has 0 radical (unpaired) electrons. The second kappa shape index (κ2) is 8.84. The minimum Gasteiger partial charge on any atom is -0.468 e. The SMILES string of the molecule is CN=C(NCc1ccnc(OCC(F)(F)F)c1)NCc1nc(C)c(C)s1. The highest BCUT2D eigenvalue weighted by Gasteiger charge is 2.28. The minimum absolute atomic E-state index is 0.0710. The first kappa shape index (κ1) is 20.0. The second-order valence-corrected chi connectivity index (χ2v) is 6.72. The van der Waals surface area contributed by atoms with Gasteiger partial charge in [-0.25, -0.2) is 9.97 Å². The van der Waals surface area contributed by atoms with Gasteiger partial charge in [0.1, 0.15) is 5.01 Å². The van der Waals surface area contributed by atoms with Gasteiger partial charge in [0.25, 0.3) is 0 Å². The predicted molar refractivity (Wildman–Crippen MR) is 94.4 cm³/mol. The number of nitrogens with one attached hydrogen (secondary N) is 2. The Morgan fingerprint density at radius 1 is 1.27 bits per heavy atom. The lowest BCUT2D eigenvalue weighted by Crippen LogP contribution is -2.36. The summed E-state index contributed by atoms with van der Waals surface area (Å²) in [6, 6.07) is 3.15. The summed E-state index contributed by atoms with van der Waals surface area (Å²) >= 11 is 1.62. The molecule has 6 nitrogen and oxygen atoms in total. The molecule has 2 heterocycles. The number of alkyl halides is 3. The zero-order chi connectivity index (χ0) is 19.2. The van der Waals surface area contributed by atoms with E-state index >= 15 is 0 Å². The average molecular weight is 387 g/mol. The molecule has 26 heavy (non-hydrogen) atoms. The van der Waals surface area contributed by atoms with E-state index < -0.39 is 12.8 Å². The normalized spacial score (nSPS) is 12.2. The van der Waals surface area contributed by atoms with Gasteiger partial charge in [-0.05, 0) is 25.5 Å². The van der Waals surface area contributed by atoms with Crippen molar-refractivity contribution in [2.45, 2.75) is 33.1 Å². The standard InChI is InChI=1S/C16H20F3N5OS/c1-10-11(2)26-14(24-10)8-23-15(20-3)22-7-12-4-5-21-13(6-12)25-9-16(17,18)19/h4-6H,7-9H2,1-3H3,(H2,20,22,23). The Kier molecular flexibility index (Phi) is 6.78. The van der Waals surface area contributed by atoms with Gasteiger partial charge in [-0.15, -0.1) is 11.3 Å². The Bertz CT molecular complexity index is 741. The summed E-state index contributed by atoms with van der Waals surface area (Å²) in [6.45, 7) is 3.51. The van der Waals surface area contributed by atoms with Gasteiger partial charge in [-0.1, -0.05) is 0 Å². The first-order chi connectivity index (χ1) is 12.3. The fourth-order valence-electron chi connectivity index (χ4n) is 1.98. The lowest BCUT2D eigenvalue weighted by Gasteiger charge is -2.12. The number of aromatic nitrogens is 2. The smallest absolute Gasteiger partial charge is 0.422 e. The van der Waals surface area contributed by atoms with E-state index in [1.54, 1.807) is 24.5 Å². The lowest BCUT2D eigenvalue weighted by molar-refractivity contribution is -0.154. The molecule has 0 saturated heterocycles. The maximum absolute atomic E-state index is 12.2. The van der Waals surface area contributed by atoms with Crippen molar-refractivity contribution in [3.63, 3.8) is 0 Å². The van der Waals surface area contributed by atoms with Crippen LogP contribution in [0.3, 0.4) is 0 Å². The van der Waals surface area contributed by atoms with Crippen LogP contribution in [0.15, 0.2) is 23.3 Å². The maximum Gasteiger partial charge on any atom is 0.422 e. The van der Waals surface area contributed by atoms with E-state index in [4.69, 9.17) is 0 Å². The molecule has 2 aromatic rings. The van der Waals surface area contributed by atoms with E-state index in [0.717, 1.165) is 16.3 Å². The third kappa shape index (κ3) is 6.51. The quantitative estimate of drug-likeness (QED) is 0.589. The monoisotopic (exact) mass is 387 g/mol. The third-order valence-electron chi connectivity index (χ3n) is 3.35. The molecule has 2 N–H and O–H groups in total. The fourth-order valence-corrected chi connectivity index (χ4v) is 2.85. The van der Waals surface area contributed by atoms with Crippen molar-refractivity contribution in [2.24, 2.45) is 4.99 Å². The summed E-state index contributed by atoms with van der Waals surface area (Å²) in [5, 5.41) is 7.19. The van der Waals surface area contributed by atoms with E-state index in [0.29, 0.717) is 19.0 Å². The molecule has 2 aromatic heterocycles. The fraction of sp³-hybridized carbons (Fsp3) is 0.438. The van der Waals surface area contributed by atoms with Crippen LogP contribution in [0.25, 0.3) is 0 Å². The van der Waals surface area contributed by atoms with Crippen LogP contribution in [0, 0.1) is 13.8 Å². The summed E-state index contributed by atoms with van der Waals surface area (Å²) < 4.78 is 41.2. The molecule has 10 heteroatoms. The first-order valence-electron chi connectivity index (χ1n) is 7.78. The molecule has 0 fully saturated rings. The van der Waals surface area contributed by atoms with Crippen LogP contribution in [0.2, 0.25) is 0 Å². The van der Waals surface area contributed by atoms with E-state index in [2.05, 4.69) is 30.3 Å². The molecule has 0 unspecified atom stereocenters. The van der Waals surface area contributed by atoms with E-state index in [1.807, 2.05) is 13.8 Å². The Morgan fingerprint density at radius 2 is 2.00 bits per heavy atom. The van der Waals surface area contributed by atoms with E-state index in [9.17, 15) is 13.2 Å². The molecule has 0 bridgehead atoms. The summed E-state index contributed by atoms with van der Waals surface area (Å²) in [5.41, 5.74) is 1.74. The molecule has 142 valence electrons. The summed E-state index contributed by atoms with van der Waals surface area (Å²) in [6.07, 6.45) is -2.99. The molecular weight excluding hydrogens is 367 g/mol. The number of rotatable bonds is 6. The number of guanidine groups is 1. The molecule has 0 saturated carbocycles. The molecule has 0 aliphatic rings. The molecule has 0 aliphatic heterocycles. The van der Waals surface area contributed by atoms with Gasteiger partial charge in [0, 0.05) is 30.7 Å². The van der Waals surface area contributed by atoms with Gasteiger partial charge < -0.3 is 15.4 Å². The van der Waals surface area contributed by atoms with Crippen molar-refractivity contribution in [1.82, 2.24) is 20.6 Å². The van der Waals surface area contributed by atoms with Crippen LogP contribution < -0.4 is 15.4 Å². The Labute approximate surface area is 153 Å². The topological polar surface area (TPSA) is 71.4 Å². The number of aryl methyl sites for hydroxylation is 2. The molecule has 0 spiro atoms. The first-order valence-corrected chi connectivity index (χ1v) is 8.60. The number of hydrogen-bond donors (Lipinski definition) is 2. The number of aliphatic imine (C=N–C) groups is 1. The zero-order valence-electron chi connectivity index (χ0n) is 14.6. The highest BCUT2D eigenvalue weighted by molar-refractivity contribution is 7.11. The lowest BCUT2D eigenvalue weighted by atomic mass is 10.2.